The SMILES string of the molecule is COc1cc(/C=C(/C#N)C(=O)Nc2nc(S(C)(=O)=O)ns2)ccc1OCc1ccccc1C. The minimum atomic E-state index is -3.60. The highest BCUT2D eigenvalue weighted by Crippen LogP contribution is 2.30. The smallest absolute Gasteiger partial charge is 0.268 e. The van der Waals surface area contributed by atoms with E-state index in [1.54, 1.807) is 18.2 Å². The van der Waals surface area contributed by atoms with Gasteiger partial charge < -0.3 is 9.47 Å². The number of methoxy groups -OCH3 is 1. The maximum absolute atomic E-state index is 12.5. The molecule has 0 aliphatic carbocycles. The van der Waals surface area contributed by atoms with Crippen LogP contribution in [0.5, 0.6) is 11.5 Å². The van der Waals surface area contributed by atoms with Crippen LogP contribution >= 0.6 is 11.5 Å². The Morgan fingerprint density at radius 3 is 2.64 bits per heavy atom. The zero-order valence-corrected chi connectivity index (χ0v) is 19.7. The average molecular weight is 485 g/mol. The number of nitrogens with zero attached hydrogens (tertiary/aromatic N) is 3. The number of benzene rings is 2. The molecule has 0 spiro atoms. The summed E-state index contributed by atoms with van der Waals surface area (Å²) in [5, 5.41) is 11.4. The fraction of sp³-hybridized carbons (Fsp3) is 0.182. The lowest BCUT2D eigenvalue weighted by molar-refractivity contribution is -0.112. The lowest BCUT2D eigenvalue weighted by Gasteiger charge is -2.12. The first-order valence-electron chi connectivity index (χ1n) is 9.53. The molecular formula is C22H20N4O5S2. The largest absolute Gasteiger partial charge is 0.493 e. The molecule has 0 atom stereocenters. The van der Waals surface area contributed by atoms with Crippen molar-refractivity contribution >= 4 is 38.5 Å². The molecule has 0 bridgehead atoms. The van der Waals surface area contributed by atoms with Crippen LogP contribution in [-0.2, 0) is 21.2 Å². The molecule has 0 aliphatic heterocycles. The van der Waals surface area contributed by atoms with Gasteiger partial charge in [-0.3, -0.25) is 10.1 Å². The normalized spacial score (nSPS) is 11.5. The summed E-state index contributed by atoms with van der Waals surface area (Å²) in [5.74, 6) is 0.215. The standard InChI is InChI=1S/C22H20N4O5S2/c1-14-6-4-5-7-16(14)13-31-18-9-8-15(11-19(18)30-2)10-17(12-23)20(27)24-21-25-22(26-32-21)33(3,28)29/h4-11H,13H2,1-3H3,(H,24,25,26,27)/b17-10-. The number of amides is 1. The van der Waals surface area contributed by atoms with Gasteiger partial charge in [0.1, 0.15) is 18.2 Å². The second-order valence-electron chi connectivity index (χ2n) is 6.90. The van der Waals surface area contributed by atoms with Gasteiger partial charge in [-0.15, -0.1) is 0 Å². The first-order chi connectivity index (χ1) is 15.7. The van der Waals surface area contributed by atoms with Gasteiger partial charge in [0.2, 0.25) is 15.0 Å². The van der Waals surface area contributed by atoms with Crippen molar-refractivity contribution in [2.45, 2.75) is 18.7 Å². The Hall–Kier alpha value is -3.75. The Morgan fingerprint density at radius 1 is 1.24 bits per heavy atom. The van der Waals surface area contributed by atoms with Crippen LogP contribution in [0.3, 0.4) is 0 Å². The Kier molecular flexibility index (Phi) is 7.42. The molecule has 3 aromatic rings. The molecule has 9 nitrogen and oxygen atoms in total. The van der Waals surface area contributed by atoms with Gasteiger partial charge in [-0.1, -0.05) is 30.3 Å². The van der Waals surface area contributed by atoms with Crippen molar-refractivity contribution in [1.82, 2.24) is 9.36 Å². The van der Waals surface area contributed by atoms with E-state index in [9.17, 15) is 18.5 Å². The fourth-order valence-corrected chi connectivity index (χ4v) is 4.15. The number of ether oxygens (including phenoxy) is 2. The van der Waals surface area contributed by atoms with Gasteiger partial charge in [0.15, 0.2) is 11.5 Å². The van der Waals surface area contributed by atoms with Crippen molar-refractivity contribution in [3.8, 4) is 17.6 Å². The van der Waals surface area contributed by atoms with E-state index in [1.807, 2.05) is 37.3 Å². The third-order valence-electron chi connectivity index (χ3n) is 4.47. The lowest BCUT2D eigenvalue weighted by Crippen LogP contribution is -2.13. The number of anilines is 1. The fourth-order valence-electron chi connectivity index (χ4n) is 2.71. The first kappa shape index (κ1) is 23.9. The molecule has 1 heterocycles. The summed E-state index contributed by atoms with van der Waals surface area (Å²) in [4.78, 5) is 16.2. The van der Waals surface area contributed by atoms with Crippen molar-refractivity contribution < 1.29 is 22.7 Å². The number of carbonyl (C=O) groups excluding carboxylic acids is 1. The van der Waals surface area contributed by atoms with E-state index in [4.69, 9.17) is 9.47 Å². The topological polar surface area (TPSA) is 131 Å². The predicted molar refractivity (Wildman–Crippen MR) is 124 cm³/mol. The monoisotopic (exact) mass is 484 g/mol. The van der Waals surface area contributed by atoms with Crippen LogP contribution in [0.2, 0.25) is 0 Å². The van der Waals surface area contributed by atoms with Crippen LogP contribution in [0.4, 0.5) is 5.13 Å². The van der Waals surface area contributed by atoms with Crippen LogP contribution in [0.1, 0.15) is 16.7 Å². The van der Waals surface area contributed by atoms with Crippen molar-refractivity contribution in [1.29, 1.82) is 5.26 Å². The molecule has 0 saturated heterocycles. The zero-order valence-electron chi connectivity index (χ0n) is 18.0. The predicted octanol–water partition coefficient (Wildman–Crippen LogP) is 3.38. The van der Waals surface area contributed by atoms with Crippen LogP contribution in [0.15, 0.2) is 53.2 Å². The molecular weight excluding hydrogens is 464 g/mol. The Balaban J connectivity index is 1.76. The van der Waals surface area contributed by atoms with Crippen molar-refractivity contribution in [2.75, 3.05) is 18.7 Å². The minimum Gasteiger partial charge on any atom is -0.493 e. The molecule has 0 radical (unpaired) electrons. The van der Waals surface area contributed by atoms with Gasteiger partial charge in [-0.25, -0.2) is 8.42 Å². The second kappa shape index (κ2) is 10.2. The highest BCUT2D eigenvalue weighted by molar-refractivity contribution is 7.90. The highest BCUT2D eigenvalue weighted by Gasteiger charge is 2.17. The van der Waals surface area contributed by atoms with E-state index < -0.39 is 20.9 Å². The number of hydrogen-bond donors (Lipinski definition) is 1. The first-order valence-corrected chi connectivity index (χ1v) is 12.2. The van der Waals surface area contributed by atoms with E-state index in [0.29, 0.717) is 35.2 Å². The lowest BCUT2D eigenvalue weighted by atomic mass is 10.1. The second-order valence-corrected chi connectivity index (χ2v) is 9.56. The number of rotatable bonds is 8. The number of sulfone groups is 1. The molecule has 3 rings (SSSR count). The Bertz CT molecular complexity index is 1360. The molecule has 33 heavy (non-hydrogen) atoms. The molecule has 0 unspecified atom stereocenters. The Morgan fingerprint density at radius 2 is 2.00 bits per heavy atom. The summed E-state index contributed by atoms with van der Waals surface area (Å²) in [6.07, 6.45) is 2.34. The summed E-state index contributed by atoms with van der Waals surface area (Å²) in [7, 11) is -2.10. The van der Waals surface area contributed by atoms with Gasteiger partial charge in [-0.2, -0.15) is 14.6 Å². The van der Waals surface area contributed by atoms with E-state index in [-0.39, 0.29) is 10.7 Å². The maximum atomic E-state index is 12.5. The van der Waals surface area contributed by atoms with Gasteiger partial charge >= 0.3 is 0 Å². The Labute approximate surface area is 195 Å². The molecule has 0 fully saturated rings. The average Bonchev–Trinajstić information content (AvgIpc) is 3.26. The van der Waals surface area contributed by atoms with Gasteiger partial charge in [0, 0.05) is 17.8 Å². The molecule has 1 aromatic heterocycles. The van der Waals surface area contributed by atoms with E-state index in [2.05, 4.69) is 14.7 Å². The third-order valence-corrected chi connectivity index (χ3v) is 6.06. The van der Waals surface area contributed by atoms with Crippen molar-refractivity contribution in [3.63, 3.8) is 0 Å². The highest BCUT2D eigenvalue weighted by atomic mass is 32.2. The molecule has 11 heteroatoms. The van der Waals surface area contributed by atoms with E-state index in [0.717, 1.165) is 17.4 Å². The molecule has 0 saturated carbocycles. The number of nitrogens with one attached hydrogen (secondary N) is 1. The summed E-state index contributed by atoms with van der Waals surface area (Å²) in [6, 6.07) is 14.7. The zero-order chi connectivity index (χ0) is 24.0. The van der Waals surface area contributed by atoms with Gasteiger partial charge in [-0.05, 0) is 41.8 Å². The number of aromatic nitrogens is 2. The molecule has 1 N–H and O–H groups in total. The number of nitriles is 1. The third kappa shape index (κ3) is 6.15. The summed E-state index contributed by atoms with van der Waals surface area (Å²) in [5.41, 5.74) is 2.49. The molecule has 170 valence electrons. The van der Waals surface area contributed by atoms with Gasteiger partial charge in [0.25, 0.3) is 11.1 Å². The molecule has 2 aromatic carbocycles. The van der Waals surface area contributed by atoms with Crippen LogP contribution in [-0.4, -0.2) is 37.0 Å². The van der Waals surface area contributed by atoms with Crippen molar-refractivity contribution in [2.24, 2.45) is 0 Å². The number of carbonyl (C=O) groups is 1. The number of aryl methyl sites for hydroxylation is 1. The quantitative estimate of drug-likeness (QED) is 0.380. The van der Waals surface area contributed by atoms with Crippen LogP contribution < -0.4 is 14.8 Å². The van der Waals surface area contributed by atoms with Crippen molar-refractivity contribution in [3.05, 3.63) is 64.7 Å². The molecule has 0 aliphatic rings. The summed E-state index contributed by atoms with van der Waals surface area (Å²) >= 11 is 0.706. The van der Waals surface area contributed by atoms with Crippen LogP contribution in [0.25, 0.3) is 6.08 Å². The van der Waals surface area contributed by atoms with E-state index in [1.165, 1.54) is 13.2 Å². The number of hydrogen-bond acceptors (Lipinski definition) is 9. The molecule has 1 amide bonds. The van der Waals surface area contributed by atoms with E-state index >= 15 is 0 Å². The van der Waals surface area contributed by atoms with Crippen LogP contribution in [0, 0.1) is 18.3 Å². The summed E-state index contributed by atoms with van der Waals surface area (Å²) < 4.78 is 37.9. The summed E-state index contributed by atoms with van der Waals surface area (Å²) in [6.45, 7) is 2.36. The van der Waals surface area contributed by atoms with Gasteiger partial charge in [0.05, 0.1) is 7.11 Å². The maximum Gasteiger partial charge on any atom is 0.268 e. The minimum absolute atomic E-state index is 0.0286.